The molecule has 1 saturated heterocycles. The second kappa shape index (κ2) is 6.13. The van der Waals surface area contributed by atoms with E-state index >= 15 is 0 Å². The molecule has 4 heteroatoms. The lowest BCUT2D eigenvalue weighted by Crippen LogP contribution is -2.35. The Morgan fingerprint density at radius 3 is 2.50 bits per heavy atom. The zero-order chi connectivity index (χ0) is 16.5. The fourth-order valence-electron chi connectivity index (χ4n) is 3.34. The van der Waals surface area contributed by atoms with Crippen LogP contribution in [0, 0.1) is 0 Å². The van der Waals surface area contributed by atoms with E-state index in [0.717, 1.165) is 48.3 Å². The summed E-state index contributed by atoms with van der Waals surface area (Å²) in [7, 11) is 0. The number of anilines is 1. The largest absolute Gasteiger partial charge is 0.393 e. The smallest absolute Gasteiger partial charge is 0.256 e. The molecule has 0 spiro atoms. The molecule has 0 radical (unpaired) electrons. The summed E-state index contributed by atoms with van der Waals surface area (Å²) in [6.07, 6.45) is 1.36. The summed E-state index contributed by atoms with van der Waals surface area (Å²) in [6, 6.07) is 17.9. The Balaban J connectivity index is 1.73. The Kier molecular flexibility index (Phi) is 3.82. The molecule has 2 N–H and O–H groups in total. The van der Waals surface area contributed by atoms with E-state index in [1.807, 2.05) is 48.5 Å². The first kappa shape index (κ1) is 15.0. The van der Waals surface area contributed by atoms with Gasteiger partial charge in [-0.05, 0) is 42.0 Å². The summed E-state index contributed by atoms with van der Waals surface area (Å²) >= 11 is 0. The molecule has 4 rings (SSSR count). The number of rotatable bonds is 2. The normalized spacial score (nSPS) is 15.8. The number of nitrogens with one attached hydrogen (secondary N) is 1. The average molecular weight is 320 g/mol. The molecule has 0 bridgehead atoms. The van der Waals surface area contributed by atoms with Crippen LogP contribution in [0.3, 0.4) is 0 Å². The number of fused-ring (bicyclic) bond motifs is 1. The molecule has 24 heavy (non-hydrogen) atoms. The van der Waals surface area contributed by atoms with Crippen LogP contribution >= 0.6 is 0 Å². The molecule has 2 heterocycles. The van der Waals surface area contributed by atoms with Gasteiger partial charge in [-0.3, -0.25) is 4.79 Å². The van der Waals surface area contributed by atoms with Gasteiger partial charge in [0.25, 0.3) is 5.56 Å². The van der Waals surface area contributed by atoms with Crippen molar-refractivity contribution in [1.29, 1.82) is 0 Å². The zero-order valence-corrected chi connectivity index (χ0v) is 13.4. The van der Waals surface area contributed by atoms with Gasteiger partial charge in [0.05, 0.1) is 6.10 Å². The van der Waals surface area contributed by atoms with Gasteiger partial charge in [-0.15, -0.1) is 0 Å². The predicted octanol–water partition coefficient (Wildman–Crippen LogP) is 3.16. The van der Waals surface area contributed by atoms with E-state index in [0.29, 0.717) is 5.39 Å². The summed E-state index contributed by atoms with van der Waals surface area (Å²) in [6.45, 7) is 1.65. The van der Waals surface area contributed by atoms with Crippen LogP contribution in [0.4, 0.5) is 5.69 Å². The zero-order valence-electron chi connectivity index (χ0n) is 13.4. The maximum Gasteiger partial charge on any atom is 0.256 e. The molecular weight excluding hydrogens is 300 g/mol. The van der Waals surface area contributed by atoms with Crippen LogP contribution in [0.25, 0.3) is 22.0 Å². The van der Waals surface area contributed by atoms with Crippen LogP contribution in [0.1, 0.15) is 12.8 Å². The highest BCUT2D eigenvalue weighted by Gasteiger charge is 2.17. The van der Waals surface area contributed by atoms with Gasteiger partial charge in [-0.2, -0.15) is 0 Å². The Labute approximate surface area is 140 Å². The number of aromatic nitrogens is 1. The van der Waals surface area contributed by atoms with Gasteiger partial charge in [0.2, 0.25) is 0 Å². The molecule has 1 aromatic heterocycles. The molecule has 1 aliphatic rings. The molecule has 0 saturated carbocycles. The number of hydrogen-bond acceptors (Lipinski definition) is 3. The van der Waals surface area contributed by atoms with Crippen LogP contribution in [-0.2, 0) is 0 Å². The highest BCUT2D eigenvalue weighted by molar-refractivity contribution is 5.88. The SMILES string of the molecule is O=c1[nH]c(-c2ccccc2)cc2ccc(N3CCC(O)CC3)cc12. The van der Waals surface area contributed by atoms with E-state index in [1.165, 1.54) is 0 Å². The van der Waals surface area contributed by atoms with Crippen molar-refractivity contribution in [3.8, 4) is 11.3 Å². The Hall–Kier alpha value is -2.59. The van der Waals surface area contributed by atoms with Crippen molar-refractivity contribution < 1.29 is 5.11 Å². The lowest BCUT2D eigenvalue weighted by atomic mass is 10.0. The van der Waals surface area contributed by atoms with Crippen LogP contribution in [0.5, 0.6) is 0 Å². The third-order valence-corrected chi connectivity index (χ3v) is 4.74. The number of hydrogen-bond donors (Lipinski definition) is 2. The summed E-state index contributed by atoms with van der Waals surface area (Å²) in [5, 5.41) is 11.3. The van der Waals surface area contributed by atoms with E-state index in [9.17, 15) is 9.90 Å². The van der Waals surface area contributed by atoms with E-state index < -0.39 is 0 Å². The van der Waals surface area contributed by atoms with Crippen molar-refractivity contribution in [2.45, 2.75) is 18.9 Å². The number of pyridine rings is 1. The van der Waals surface area contributed by atoms with E-state index in [1.54, 1.807) is 0 Å². The lowest BCUT2D eigenvalue weighted by Gasteiger charge is -2.31. The van der Waals surface area contributed by atoms with Gasteiger partial charge in [-0.25, -0.2) is 0 Å². The molecule has 0 unspecified atom stereocenters. The van der Waals surface area contributed by atoms with Gasteiger partial charge in [0.1, 0.15) is 0 Å². The molecule has 1 fully saturated rings. The minimum Gasteiger partial charge on any atom is -0.393 e. The highest BCUT2D eigenvalue weighted by atomic mass is 16.3. The van der Waals surface area contributed by atoms with Gasteiger partial charge >= 0.3 is 0 Å². The topological polar surface area (TPSA) is 56.3 Å². The standard InChI is InChI=1S/C20H20N2O2/c23-17-8-10-22(11-9-17)16-7-6-15-12-19(14-4-2-1-3-5-14)21-20(24)18(15)13-16/h1-7,12-13,17,23H,8-11H2,(H,21,24). The van der Waals surface area contributed by atoms with Crippen LogP contribution in [-0.4, -0.2) is 29.3 Å². The second-order valence-corrected chi connectivity index (χ2v) is 6.37. The van der Waals surface area contributed by atoms with Crippen LogP contribution in [0.2, 0.25) is 0 Å². The number of aromatic amines is 1. The van der Waals surface area contributed by atoms with Crippen molar-refractivity contribution in [3.05, 3.63) is 65.0 Å². The van der Waals surface area contributed by atoms with E-state index in [4.69, 9.17) is 0 Å². The molecule has 0 atom stereocenters. The molecule has 3 aromatic rings. The predicted molar refractivity (Wildman–Crippen MR) is 97.5 cm³/mol. The maximum atomic E-state index is 12.5. The Morgan fingerprint density at radius 1 is 1.00 bits per heavy atom. The van der Waals surface area contributed by atoms with Gasteiger partial charge < -0.3 is 15.0 Å². The van der Waals surface area contributed by atoms with Crippen molar-refractivity contribution >= 4 is 16.5 Å². The first-order chi connectivity index (χ1) is 11.7. The van der Waals surface area contributed by atoms with Crippen molar-refractivity contribution in [2.75, 3.05) is 18.0 Å². The second-order valence-electron chi connectivity index (χ2n) is 6.37. The molecule has 1 aliphatic heterocycles. The fourth-order valence-corrected chi connectivity index (χ4v) is 3.34. The summed E-state index contributed by atoms with van der Waals surface area (Å²) < 4.78 is 0. The van der Waals surface area contributed by atoms with Crippen molar-refractivity contribution in [3.63, 3.8) is 0 Å². The van der Waals surface area contributed by atoms with Crippen LogP contribution < -0.4 is 10.5 Å². The molecular formula is C20H20N2O2. The number of nitrogens with zero attached hydrogens (tertiary/aromatic N) is 1. The lowest BCUT2D eigenvalue weighted by molar-refractivity contribution is 0.145. The number of piperidine rings is 1. The van der Waals surface area contributed by atoms with Gasteiger partial charge in [-0.1, -0.05) is 36.4 Å². The first-order valence-electron chi connectivity index (χ1n) is 8.36. The van der Waals surface area contributed by atoms with Gasteiger partial charge in [0.15, 0.2) is 0 Å². The Bertz CT molecular complexity index is 910. The van der Waals surface area contributed by atoms with Crippen molar-refractivity contribution in [2.24, 2.45) is 0 Å². The van der Waals surface area contributed by atoms with Crippen LogP contribution in [0.15, 0.2) is 59.4 Å². The molecule has 4 nitrogen and oxygen atoms in total. The first-order valence-corrected chi connectivity index (χ1v) is 8.36. The fraction of sp³-hybridized carbons (Fsp3) is 0.250. The number of aliphatic hydroxyl groups is 1. The maximum absolute atomic E-state index is 12.5. The summed E-state index contributed by atoms with van der Waals surface area (Å²) in [5.74, 6) is 0. The third kappa shape index (κ3) is 2.81. The van der Waals surface area contributed by atoms with Gasteiger partial charge in [0, 0.05) is 29.9 Å². The van der Waals surface area contributed by atoms with E-state index in [2.05, 4.69) is 16.0 Å². The summed E-state index contributed by atoms with van der Waals surface area (Å²) in [5.41, 5.74) is 2.82. The number of aliphatic hydroxyl groups excluding tert-OH is 1. The molecule has 0 amide bonds. The quantitative estimate of drug-likeness (QED) is 0.762. The minimum atomic E-state index is -0.196. The van der Waals surface area contributed by atoms with E-state index in [-0.39, 0.29) is 11.7 Å². The molecule has 122 valence electrons. The number of benzene rings is 2. The molecule has 0 aliphatic carbocycles. The highest BCUT2D eigenvalue weighted by Crippen LogP contribution is 2.25. The number of H-pyrrole nitrogens is 1. The average Bonchev–Trinajstić information content (AvgIpc) is 2.63. The van der Waals surface area contributed by atoms with Crippen molar-refractivity contribution in [1.82, 2.24) is 4.98 Å². The summed E-state index contributed by atoms with van der Waals surface area (Å²) in [4.78, 5) is 17.8. The monoisotopic (exact) mass is 320 g/mol. The minimum absolute atomic E-state index is 0.0646. The molecule has 2 aromatic carbocycles. The third-order valence-electron chi connectivity index (χ3n) is 4.74. The Morgan fingerprint density at radius 2 is 1.75 bits per heavy atom.